The van der Waals surface area contributed by atoms with Gasteiger partial charge in [0.15, 0.2) is 0 Å². The summed E-state index contributed by atoms with van der Waals surface area (Å²) >= 11 is 0. The second kappa shape index (κ2) is 7.67. The summed E-state index contributed by atoms with van der Waals surface area (Å²) in [6.45, 7) is 8.11. The maximum absolute atomic E-state index is 12.8. The van der Waals surface area contributed by atoms with E-state index in [1.165, 1.54) is 4.90 Å². The summed E-state index contributed by atoms with van der Waals surface area (Å²) in [5, 5.41) is 0. The van der Waals surface area contributed by atoms with E-state index in [0.717, 1.165) is 12.0 Å². The summed E-state index contributed by atoms with van der Waals surface area (Å²) in [6, 6.07) is 9.76. The summed E-state index contributed by atoms with van der Waals surface area (Å²) in [4.78, 5) is 28.7. The van der Waals surface area contributed by atoms with Crippen LogP contribution >= 0.6 is 0 Å². The van der Waals surface area contributed by atoms with Crippen molar-refractivity contribution in [1.29, 1.82) is 0 Å². The van der Waals surface area contributed by atoms with Gasteiger partial charge in [-0.2, -0.15) is 0 Å². The van der Waals surface area contributed by atoms with Crippen molar-refractivity contribution in [3.63, 3.8) is 0 Å². The molecule has 2 amide bonds. The van der Waals surface area contributed by atoms with Crippen LogP contribution in [0.3, 0.4) is 0 Å². The van der Waals surface area contributed by atoms with Crippen LogP contribution in [0.4, 0.5) is 0 Å². The zero-order valence-corrected chi connectivity index (χ0v) is 15.4. The zero-order valence-electron chi connectivity index (χ0n) is 15.4. The lowest BCUT2D eigenvalue weighted by atomic mass is 10.0. The summed E-state index contributed by atoms with van der Waals surface area (Å²) in [5.41, 5.74) is 1.12. The first kappa shape index (κ1) is 18.1. The number of morpholine rings is 1. The van der Waals surface area contributed by atoms with Gasteiger partial charge in [-0.1, -0.05) is 44.2 Å². The molecule has 2 fully saturated rings. The van der Waals surface area contributed by atoms with E-state index in [-0.39, 0.29) is 30.1 Å². The van der Waals surface area contributed by atoms with Crippen LogP contribution in [-0.2, 0) is 14.3 Å². The van der Waals surface area contributed by atoms with Crippen molar-refractivity contribution in [2.75, 3.05) is 19.6 Å². The highest BCUT2D eigenvalue weighted by atomic mass is 16.5. The monoisotopic (exact) mass is 344 g/mol. The third-order valence-electron chi connectivity index (χ3n) is 5.05. The van der Waals surface area contributed by atoms with E-state index in [0.29, 0.717) is 32.0 Å². The molecule has 0 N–H and O–H groups in total. The van der Waals surface area contributed by atoms with Crippen molar-refractivity contribution in [3.05, 3.63) is 35.9 Å². The Hall–Kier alpha value is -1.72. The Kier molecular flexibility index (Phi) is 5.54. The van der Waals surface area contributed by atoms with Crippen molar-refractivity contribution in [1.82, 2.24) is 9.80 Å². The Morgan fingerprint density at radius 2 is 1.88 bits per heavy atom. The van der Waals surface area contributed by atoms with Gasteiger partial charge in [-0.15, -0.1) is 0 Å². The highest BCUT2D eigenvalue weighted by Gasteiger charge is 2.44. The Labute approximate surface area is 149 Å². The minimum atomic E-state index is -0.336. The number of nitrogens with zero attached hydrogens (tertiary/aromatic N) is 2. The normalized spacial score (nSPS) is 28.2. The summed E-state index contributed by atoms with van der Waals surface area (Å²) < 4.78 is 6.08. The van der Waals surface area contributed by atoms with Gasteiger partial charge >= 0.3 is 0 Å². The molecule has 5 nitrogen and oxygen atoms in total. The Morgan fingerprint density at radius 1 is 1.16 bits per heavy atom. The van der Waals surface area contributed by atoms with Crippen LogP contribution in [0.1, 0.15) is 45.3 Å². The summed E-state index contributed by atoms with van der Waals surface area (Å²) in [7, 11) is 0. The number of carbonyl (C=O) groups is 2. The molecule has 25 heavy (non-hydrogen) atoms. The largest absolute Gasteiger partial charge is 0.368 e. The SMILES string of the molecule is CC(C)CCN1C(=O)C[C@H](N2C[C@H](C)O[C@@H](c3ccccc3)C2)C1=O. The van der Waals surface area contributed by atoms with Crippen LogP contribution in [0.25, 0.3) is 0 Å². The molecule has 3 rings (SSSR count). The minimum absolute atomic E-state index is 0.0339. The highest BCUT2D eigenvalue weighted by Crippen LogP contribution is 2.29. The van der Waals surface area contributed by atoms with Gasteiger partial charge in [0.05, 0.1) is 24.7 Å². The van der Waals surface area contributed by atoms with Gasteiger partial charge < -0.3 is 4.74 Å². The van der Waals surface area contributed by atoms with E-state index in [2.05, 4.69) is 30.9 Å². The number of likely N-dealkylation sites (tertiary alicyclic amines) is 1. The van der Waals surface area contributed by atoms with Crippen LogP contribution in [0.2, 0.25) is 0 Å². The van der Waals surface area contributed by atoms with Crippen LogP contribution in [0.5, 0.6) is 0 Å². The molecule has 0 radical (unpaired) electrons. The third kappa shape index (κ3) is 4.10. The second-order valence-corrected chi connectivity index (χ2v) is 7.59. The first-order valence-corrected chi connectivity index (χ1v) is 9.24. The Morgan fingerprint density at radius 3 is 2.56 bits per heavy atom. The van der Waals surface area contributed by atoms with E-state index >= 15 is 0 Å². The fourth-order valence-electron chi connectivity index (χ4n) is 3.66. The molecule has 0 spiro atoms. The second-order valence-electron chi connectivity index (χ2n) is 7.59. The van der Waals surface area contributed by atoms with Crippen molar-refractivity contribution in [2.24, 2.45) is 5.92 Å². The molecule has 5 heteroatoms. The lowest BCUT2D eigenvalue weighted by Gasteiger charge is -2.39. The molecule has 0 aromatic heterocycles. The topological polar surface area (TPSA) is 49.9 Å². The summed E-state index contributed by atoms with van der Waals surface area (Å²) in [6.07, 6.45) is 1.13. The molecule has 136 valence electrons. The van der Waals surface area contributed by atoms with Crippen molar-refractivity contribution < 1.29 is 14.3 Å². The van der Waals surface area contributed by atoms with Gasteiger partial charge in [0.1, 0.15) is 0 Å². The maximum Gasteiger partial charge on any atom is 0.247 e. The Balaban J connectivity index is 1.70. The molecule has 3 atom stereocenters. The average Bonchev–Trinajstić information content (AvgIpc) is 2.87. The molecule has 1 aromatic rings. The van der Waals surface area contributed by atoms with E-state index < -0.39 is 0 Å². The molecule has 2 aliphatic rings. The van der Waals surface area contributed by atoms with Crippen LogP contribution in [0.15, 0.2) is 30.3 Å². The van der Waals surface area contributed by atoms with Gasteiger partial charge in [-0.05, 0) is 24.8 Å². The Bertz CT molecular complexity index is 617. The van der Waals surface area contributed by atoms with E-state index in [1.807, 2.05) is 25.1 Å². The first-order valence-electron chi connectivity index (χ1n) is 9.24. The molecular formula is C20H28N2O3. The lowest BCUT2D eigenvalue weighted by Crippen LogP contribution is -2.50. The molecule has 2 aliphatic heterocycles. The van der Waals surface area contributed by atoms with Gasteiger partial charge in [0.2, 0.25) is 11.8 Å². The molecule has 0 aliphatic carbocycles. The number of ether oxygens (including phenoxy) is 1. The number of hydrogen-bond acceptors (Lipinski definition) is 4. The number of imide groups is 1. The average molecular weight is 344 g/mol. The van der Waals surface area contributed by atoms with E-state index in [1.54, 1.807) is 0 Å². The highest BCUT2D eigenvalue weighted by molar-refractivity contribution is 6.05. The number of rotatable bonds is 5. The quantitative estimate of drug-likeness (QED) is 0.771. The van der Waals surface area contributed by atoms with Crippen LogP contribution in [-0.4, -0.2) is 53.4 Å². The van der Waals surface area contributed by atoms with Crippen LogP contribution in [0, 0.1) is 5.92 Å². The number of amides is 2. The molecule has 2 saturated heterocycles. The molecule has 0 bridgehead atoms. The van der Waals surface area contributed by atoms with Gasteiger partial charge in [0.25, 0.3) is 0 Å². The lowest BCUT2D eigenvalue weighted by molar-refractivity contribution is -0.142. The molecule has 0 unspecified atom stereocenters. The smallest absolute Gasteiger partial charge is 0.247 e. The van der Waals surface area contributed by atoms with Crippen molar-refractivity contribution in [3.8, 4) is 0 Å². The van der Waals surface area contributed by atoms with E-state index in [9.17, 15) is 9.59 Å². The fraction of sp³-hybridized carbons (Fsp3) is 0.600. The van der Waals surface area contributed by atoms with Crippen molar-refractivity contribution >= 4 is 11.8 Å². The minimum Gasteiger partial charge on any atom is -0.368 e. The maximum atomic E-state index is 12.8. The zero-order chi connectivity index (χ0) is 18.0. The molecule has 0 saturated carbocycles. The van der Waals surface area contributed by atoms with Crippen LogP contribution < -0.4 is 0 Å². The number of benzene rings is 1. The summed E-state index contributed by atoms with van der Waals surface area (Å²) in [5.74, 6) is 0.406. The third-order valence-corrected chi connectivity index (χ3v) is 5.05. The fourth-order valence-corrected chi connectivity index (χ4v) is 3.66. The molecular weight excluding hydrogens is 316 g/mol. The number of carbonyl (C=O) groups excluding carboxylic acids is 2. The molecule has 2 heterocycles. The predicted octanol–water partition coefficient (Wildman–Crippen LogP) is 2.62. The van der Waals surface area contributed by atoms with Crippen molar-refractivity contribution in [2.45, 2.75) is 51.9 Å². The number of hydrogen-bond donors (Lipinski definition) is 0. The van der Waals surface area contributed by atoms with Gasteiger partial charge in [-0.25, -0.2) is 0 Å². The molecule has 1 aromatic carbocycles. The standard InChI is InChI=1S/C20H28N2O3/c1-14(2)9-10-22-19(23)11-17(20(22)24)21-12-15(3)25-18(13-21)16-7-5-4-6-8-16/h4-8,14-15,17-18H,9-13H2,1-3H3/t15-,17-,18+/m0/s1. The predicted molar refractivity (Wildman–Crippen MR) is 95.9 cm³/mol. The van der Waals surface area contributed by atoms with Gasteiger partial charge in [-0.3, -0.25) is 19.4 Å². The van der Waals surface area contributed by atoms with Gasteiger partial charge in [0, 0.05) is 19.6 Å². The first-order chi connectivity index (χ1) is 12.0. The van der Waals surface area contributed by atoms with E-state index in [4.69, 9.17) is 4.74 Å².